The molecule has 5 nitrogen and oxygen atoms in total. The van der Waals surface area contributed by atoms with Crippen LogP contribution in [0.4, 0.5) is 5.82 Å². The van der Waals surface area contributed by atoms with E-state index in [1.54, 1.807) is 0 Å². The zero-order valence-corrected chi connectivity index (χ0v) is 6.57. The third kappa shape index (κ3) is 1.63. The Hall–Kier alpha value is -1.78. The number of nitrogens with zero attached hydrogens (tertiary/aromatic N) is 1. The van der Waals surface area contributed by atoms with E-state index in [9.17, 15) is 4.79 Å². The Bertz CT molecular complexity index is 312. The summed E-state index contributed by atoms with van der Waals surface area (Å²) in [5.74, 6) is 0.0556. The van der Waals surface area contributed by atoms with Gasteiger partial charge in [0.05, 0.1) is 7.11 Å². The Balaban J connectivity index is 3.15. The molecule has 1 aromatic heterocycles. The summed E-state index contributed by atoms with van der Waals surface area (Å²) in [6.07, 6.45) is 0. The first-order valence-corrected chi connectivity index (χ1v) is 3.25. The summed E-state index contributed by atoms with van der Waals surface area (Å²) in [5, 5.41) is 0. The van der Waals surface area contributed by atoms with Gasteiger partial charge >= 0.3 is 0 Å². The van der Waals surface area contributed by atoms with E-state index in [-0.39, 0.29) is 11.5 Å². The van der Waals surface area contributed by atoms with Crippen LogP contribution in [-0.4, -0.2) is 18.0 Å². The van der Waals surface area contributed by atoms with Crippen LogP contribution in [0, 0.1) is 0 Å². The van der Waals surface area contributed by atoms with Gasteiger partial charge in [-0.3, -0.25) is 4.79 Å². The predicted molar refractivity (Wildman–Crippen MR) is 43.7 cm³/mol. The predicted octanol–water partition coefficient (Wildman–Crippen LogP) is -0.229. The topological polar surface area (TPSA) is 91.2 Å². The molecule has 0 radical (unpaired) electrons. The molecular weight excluding hydrogens is 158 g/mol. The van der Waals surface area contributed by atoms with Gasteiger partial charge in [-0.15, -0.1) is 0 Å². The van der Waals surface area contributed by atoms with Crippen molar-refractivity contribution in [2.24, 2.45) is 5.73 Å². The molecule has 0 saturated heterocycles. The second-order valence-corrected chi connectivity index (χ2v) is 2.18. The van der Waals surface area contributed by atoms with Crippen LogP contribution in [0.2, 0.25) is 0 Å². The maximum absolute atomic E-state index is 10.7. The first kappa shape index (κ1) is 8.32. The fourth-order valence-corrected chi connectivity index (χ4v) is 0.770. The van der Waals surface area contributed by atoms with E-state index >= 15 is 0 Å². The summed E-state index contributed by atoms with van der Waals surface area (Å²) in [5.41, 5.74) is 10.5. The zero-order chi connectivity index (χ0) is 9.14. The van der Waals surface area contributed by atoms with E-state index in [1.807, 2.05) is 0 Å². The van der Waals surface area contributed by atoms with E-state index in [2.05, 4.69) is 4.98 Å². The zero-order valence-electron chi connectivity index (χ0n) is 6.57. The average Bonchev–Trinajstić information content (AvgIpc) is 2.03. The highest BCUT2D eigenvalue weighted by molar-refractivity contribution is 5.91. The van der Waals surface area contributed by atoms with Gasteiger partial charge in [-0.1, -0.05) is 0 Å². The van der Waals surface area contributed by atoms with Crippen molar-refractivity contribution in [3.63, 3.8) is 0 Å². The quantitative estimate of drug-likeness (QED) is 0.636. The Kier molecular flexibility index (Phi) is 2.14. The maximum Gasteiger partial charge on any atom is 0.267 e. The molecular formula is C7H9N3O2. The van der Waals surface area contributed by atoms with Crippen molar-refractivity contribution >= 4 is 11.7 Å². The SMILES string of the molecule is COc1cc(N)nc(C(N)=O)c1. The molecule has 4 N–H and O–H groups in total. The Morgan fingerprint density at radius 2 is 2.25 bits per heavy atom. The van der Waals surface area contributed by atoms with Crippen molar-refractivity contribution in [2.75, 3.05) is 12.8 Å². The number of methoxy groups -OCH3 is 1. The van der Waals surface area contributed by atoms with E-state index in [0.717, 1.165) is 0 Å². The summed E-state index contributed by atoms with van der Waals surface area (Å²) in [4.78, 5) is 14.4. The third-order valence-electron chi connectivity index (χ3n) is 1.31. The van der Waals surface area contributed by atoms with Crippen LogP contribution in [0.15, 0.2) is 12.1 Å². The number of nitrogen functional groups attached to an aromatic ring is 1. The average molecular weight is 167 g/mol. The third-order valence-corrected chi connectivity index (χ3v) is 1.31. The summed E-state index contributed by atoms with van der Waals surface area (Å²) in [6, 6.07) is 2.94. The molecule has 5 heteroatoms. The van der Waals surface area contributed by atoms with Crippen molar-refractivity contribution < 1.29 is 9.53 Å². The van der Waals surface area contributed by atoms with Gasteiger partial charge in [-0.05, 0) is 0 Å². The van der Waals surface area contributed by atoms with Crippen LogP contribution in [0.25, 0.3) is 0 Å². The number of primary amides is 1. The van der Waals surface area contributed by atoms with Gasteiger partial charge in [0.1, 0.15) is 17.3 Å². The van der Waals surface area contributed by atoms with Gasteiger partial charge in [0.15, 0.2) is 0 Å². The van der Waals surface area contributed by atoms with Crippen molar-refractivity contribution in [1.29, 1.82) is 0 Å². The molecule has 0 aliphatic rings. The number of rotatable bonds is 2. The molecule has 1 heterocycles. The lowest BCUT2D eigenvalue weighted by molar-refractivity contribution is 0.0995. The van der Waals surface area contributed by atoms with Crippen molar-refractivity contribution in [1.82, 2.24) is 4.98 Å². The lowest BCUT2D eigenvalue weighted by Gasteiger charge is -2.02. The molecule has 0 unspecified atom stereocenters. The van der Waals surface area contributed by atoms with Crippen LogP contribution in [0.3, 0.4) is 0 Å². The number of anilines is 1. The molecule has 0 spiro atoms. The highest BCUT2D eigenvalue weighted by Crippen LogP contribution is 2.14. The molecule has 0 aromatic carbocycles. The fraction of sp³-hybridized carbons (Fsp3) is 0.143. The van der Waals surface area contributed by atoms with Gasteiger partial charge in [0.25, 0.3) is 5.91 Å². The van der Waals surface area contributed by atoms with E-state index in [0.29, 0.717) is 5.75 Å². The minimum absolute atomic E-state index is 0.104. The minimum Gasteiger partial charge on any atom is -0.497 e. The molecule has 0 aliphatic carbocycles. The van der Waals surface area contributed by atoms with Crippen LogP contribution in [0.1, 0.15) is 10.5 Å². The molecule has 12 heavy (non-hydrogen) atoms. The molecule has 0 atom stereocenters. The summed E-state index contributed by atoms with van der Waals surface area (Å²) < 4.78 is 4.86. The van der Waals surface area contributed by atoms with Crippen LogP contribution in [-0.2, 0) is 0 Å². The Labute approximate surface area is 69.3 Å². The fourth-order valence-electron chi connectivity index (χ4n) is 0.770. The van der Waals surface area contributed by atoms with Gasteiger partial charge in [-0.2, -0.15) is 0 Å². The second-order valence-electron chi connectivity index (χ2n) is 2.18. The number of pyridine rings is 1. The standard InChI is InChI=1S/C7H9N3O2/c1-12-4-2-5(7(9)11)10-6(8)3-4/h2-3H,1H3,(H2,8,10)(H2,9,11). The lowest BCUT2D eigenvalue weighted by Crippen LogP contribution is -2.13. The number of hydrogen-bond acceptors (Lipinski definition) is 4. The molecule has 1 amide bonds. The van der Waals surface area contributed by atoms with Gasteiger partial charge in [-0.25, -0.2) is 4.98 Å². The Morgan fingerprint density at radius 1 is 1.58 bits per heavy atom. The first-order chi connectivity index (χ1) is 5.63. The van der Waals surface area contributed by atoms with Crippen molar-refractivity contribution in [2.45, 2.75) is 0 Å². The molecule has 0 saturated carbocycles. The maximum atomic E-state index is 10.7. The number of carbonyl (C=O) groups is 1. The minimum atomic E-state index is -0.624. The molecule has 0 fully saturated rings. The van der Waals surface area contributed by atoms with Gasteiger partial charge in [0.2, 0.25) is 0 Å². The molecule has 1 rings (SSSR count). The lowest BCUT2D eigenvalue weighted by atomic mass is 10.3. The molecule has 0 aliphatic heterocycles. The summed E-state index contributed by atoms with van der Waals surface area (Å²) in [6.45, 7) is 0. The summed E-state index contributed by atoms with van der Waals surface area (Å²) >= 11 is 0. The number of ether oxygens (including phenoxy) is 1. The largest absolute Gasteiger partial charge is 0.497 e. The van der Waals surface area contributed by atoms with Crippen molar-refractivity contribution in [3.05, 3.63) is 17.8 Å². The second kappa shape index (κ2) is 3.08. The smallest absolute Gasteiger partial charge is 0.267 e. The van der Waals surface area contributed by atoms with Crippen molar-refractivity contribution in [3.8, 4) is 5.75 Å². The number of aromatic nitrogens is 1. The van der Waals surface area contributed by atoms with Crippen LogP contribution < -0.4 is 16.2 Å². The van der Waals surface area contributed by atoms with E-state index < -0.39 is 5.91 Å². The molecule has 0 bridgehead atoms. The van der Waals surface area contributed by atoms with Crippen LogP contribution in [0.5, 0.6) is 5.75 Å². The van der Waals surface area contributed by atoms with E-state index in [4.69, 9.17) is 16.2 Å². The summed E-state index contributed by atoms with van der Waals surface area (Å²) in [7, 11) is 1.47. The highest BCUT2D eigenvalue weighted by atomic mass is 16.5. The Morgan fingerprint density at radius 3 is 2.75 bits per heavy atom. The number of carbonyl (C=O) groups excluding carboxylic acids is 1. The molecule has 64 valence electrons. The normalized spacial score (nSPS) is 9.42. The number of hydrogen-bond donors (Lipinski definition) is 2. The first-order valence-electron chi connectivity index (χ1n) is 3.25. The van der Waals surface area contributed by atoms with Crippen LogP contribution >= 0.6 is 0 Å². The highest BCUT2D eigenvalue weighted by Gasteiger charge is 2.05. The van der Waals surface area contributed by atoms with Gasteiger partial charge in [0, 0.05) is 12.1 Å². The molecule has 1 aromatic rings. The van der Waals surface area contributed by atoms with Gasteiger partial charge < -0.3 is 16.2 Å². The number of nitrogens with two attached hydrogens (primary N) is 2. The van der Waals surface area contributed by atoms with E-state index in [1.165, 1.54) is 19.2 Å². The number of amides is 1. The monoisotopic (exact) mass is 167 g/mol.